The number of hydrogen-bond donors (Lipinski definition) is 0. The molecule has 2 aliphatic rings. The van der Waals surface area contributed by atoms with Crippen LogP contribution in [0.3, 0.4) is 0 Å². The Morgan fingerprint density at radius 1 is 0.617 bits per heavy atom. The number of aromatic nitrogens is 1. The van der Waals surface area contributed by atoms with E-state index in [4.69, 9.17) is 4.98 Å². The normalized spacial score (nSPS) is 17.2. The van der Waals surface area contributed by atoms with E-state index in [1.807, 2.05) is 19.9 Å². The standard InChI is InChI=1S/C56H70N2.C2H6/c1-11-15-18-44-29-47(28-43(14-4)38(44)5)50-25-42(34-56(9,10)36-50)26-52-32-51(37-57)53-27-40(21-22-54(53)58-52)23-41-24-49(35-55(7,8)33-41)48-30-45(19-16-12-2)39(6)46(31-48)20-17-13-3;1-2/h21-32H,11-20,33-36H2,1-10H3;1-2H3/b41-23-,42-26-;. The Morgan fingerprint density at radius 2 is 1.08 bits per heavy atom. The van der Waals surface area contributed by atoms with Gasteiger partial charge in [-0.1, -0.05) is 137 Å². The Bertz CT molecular complexity index is 2280. The van der Waals surface area contributed by atoms with Gasteiger partial charge in [0.15, 0.2) is 0 Å². The van der Waals surface area contributed by atoms with Gasteiger partial charge in [0.25, 0.3) is 0 Å². The maximum atomic E-state index is 10.5. The van der Waals surface area contributed by atoms with Gasteiger partial charge >= 0.3 is 0 Å². The molecule has 0 atom stereocenters. The van der Waals surface area contributed by atoms with Gasteiger partial charge < -0.3 is 0 Å². The molecule has 2 heteroatoms. The number of hydrogen-bond acceptors (Lipinski definition) is 2. The minimum Gasteiger partial charge on any atom is -0.248 e. The van der Waals surface area contributed by atoms with Crippen molar-refractivity contribution < 1.29 is 0 Å². The van der Waals surface area contributed by atoms with Crippen molar-refractivity contribution in [3.63, 3.8) is 0 Å². The average Bonchev–Trinajstić information content (AvgIpc) is 3.21. The SMILES string of the molecule is CC.CCCCc1cc(C2=C/C(=C/c3cc(C#N)c4cc(/C=C5/C=C(c6cc(CCCC)c(C)c(CCCC)c6)CC(C)(C)C5)ccc4n3)CC(C)(C)C2)cc(CC)c1C. The van der Waals surface area contributed by atoms with Gasteiger partial charge in [-0.25, -0.2) is 4.98 Å². The average molecular weight is 801 g/mol. The second kappa shape index (κ2) is 20.9. The van der Waals surface area contributed by atoms with Gasteiger partial charge in [0, 0.05) is 5.39 Å². The van der Waals surface area contributed by atoms with Crippen molar-refractivity contribution >= 4 is 34.2 Å². The highest BCUT2D eigenvalue weighted by Crippen LogP contribution is 2.45. The summed E-state index contributed by atoms with van der Waals surface area (Å²) in [6.07, 6.45) is 25.4. The van der Waals surface area contributed by atoms with E-state index in [1.165, 1.54) is 105 Å². The minimum absolute atomic E-state index is 0.129. The van der Waals surface area contributed by atoms with Crippen molar-refractivity contribution in [1.29, 1.82) is 5.26 Å². The highest BCUT2D eigenvalue weighted by atomic mass is 14.7. The van der Waals surface area contributed by atoms with E-state index in [0.29, 0.717) is 5.56 Å². The molecule has 3 aromatic carbocycles. The number of nitriles is 1. The van der Waals surface area contributed by atoms with Crippen molar-refractivity contribution in [2.45, 2.75) is 173 Å². The summed E-state index contributed by atoms with van der Waals surface area (Å²) < 4.78 is 0. The summed E-state index contributed by atoms with van der Waals surface area (Å²) in [6, 6.07) is 20.9. The predicted molar refractivity (Wildman–Crippen MR) is 263 cm³/mol. The highest BCUT2D eigenvalue weighted by molar-refractivity contribution is 5.89. The van der Waals surface area contributed by atoms with Crippen LogP contribution in [-0.2, 0) is 25.7 Å². The molecule has 0 saturated carbocycles. The molecule has 0 aliphatic heterocycles. The molecule has 1 aromatic heterocycles. The molecule has 0 saturated heterocycles. The number of fused-ring (bicyclic) bond motifs is 1. The maximum absolute atomic E-state index is 10.5. The van der Waals surface area contributed by atoms with Crippen LogP contribution in [0.5, 0.6) is 0 Å². The third-order valence-electron chi connectivity index (χ3n) is 12.8. The smallest absolute Gasteiger partial charge is 0.0999 e. The first kappa shape index (κ1) is 46.6. The lowest BCUT2D eigenvalue weighted by atomic mass is 9.73. The van der Waals surface area contributed by atoms with Crippen molar-refractivity contribution in [1.82, 2.24) is 4.98 Å². The van der Waals surface area contributed by atoms with Crippen LogP contribution in [0.25, 0.3) is 34.2 Å². The summed E-state index contributed by atoms with van der Waals surface area (Å²) in [7, 11) is 0. The molecule has 1 heterocycles. The first-order valence-corrected chi connectivity index (χ1v) is 23.7. The quantitative estimate of drug-likeness (QED) is 0.127. The van der Waals surface area contributed by atoms with Crippen molar-refractivity contribution in [3.8, 4) is 6.07 Å². The molecule has 0 amide bonds. The summed E-state index contributed by atoms with van der Waals surface area (Å²) in [5.74, 6) is 0. The molecule has 2 aliphatic carbocycles. The van der Waals surface area contributed by atoms with E-state index >= 15 is 0 Å². The Hall–Kier alpha value is -4.48. The summed E-state index contributed by atoms with van der Waals surface area (Å²) in [4.78, 5) is 5.15. The van der Waals surface area contributed by atoms with Crippen molar-refractivity contribution in [2.24, 2.45) is 10.8 Å². The topological polar surface area (TPSA) is 36.7 Å². The molecule has 0 radical (unpaired) electrons. The second-order valence-electron chi connectivity index (χ2n) is 19.3. The van der Waals surface area contributed by atoms with Crippen LogP contribution in [0.1, 0.15) is 195 Å². The van der Waals surface area contributed by atoms with Crippen LogP contribution >= 0.6 is 0 Å². The Balaban J connectivity index is 0.00000336. The van der Waals surface area contributed by atoms with Gasteiger partial charge in [0.1, 0.15) is 0 Å². The van der Waals surface area contributed by atoms with E-state index in [0.717, 1.165) is 73.5 Å². The van der Waals surface area contributed by atoms with Crippen molar-refractivity contribution in [3.05, 3.63) is 133 Å². The molecule has 4 aromatic rings. The first-order chi connectivity index (χ1) is 28.7. The molecule has 2 nitrogen and oxygen atoms in total. The lowest BCUT2D eigenvalue weighted by Crippen LogP contribution is -2.17. The van der Waals surface area contributed by atoms with Gasteiger partial charge in [-0.15, -0.1) is 0 Å². The first-order valence-electron chi connectivity index (χ1n) is 23.7. The Kier molecular flexibility index (Phi) is 16.2. The molecule has 0 unspecified atom stereocenters. The Labute approximate surface area is 366 Å². The van der Waals surface area contributed by atoms with Crippen LogP contribution in [0, 0.1) is 36.0 Å². The van der Waals surface area contributed by atoms with Gasteiger partial charge in [-0.3, -0.25) is 0 Å². The fourth-order valence-electron chi connectivity index (χ4n) is 9.69. The van der Waals surface area contributed by atoms with Crippen LogP contribution in [0.2, 0.25) is 0 Å². The highest BCUT2D eigenvalue weighted by Gasteiger charge is 2.28. The van der Waals surface area contributed by atoms with Crippen LogP contribution in [-0.4, -0.2) is 4.98 Å². The van der Waals surface area contributed by atoms with Gasteiger partial charge in [0.2, 0.25) is 0 Å². The number of unbranched alkanes of at least 4 members (excludes halogenated alkanes) is 3. The lowest BCUT2D eigenvalue weighted by Gasteiger charge is -2.32. The number of aryl methyl sites for hydroxylation is 4. The summed E-state index contributed by atoms with van der Waals surface area (Å²) in [6.45, 7) is 27.4. The summed E-state index contributed by atoms with van der Waals surface area (Å²) in [5.41, 5.74) is 21.1. The van der Waals surface area contributed by atoms with Crippen LogP contribution in [0.4, 0.5) is 0 Å². The zero-order chi connectivity index (χ0) is 43.6. The van der Waals surface area contributed by atoms with E-state index < -0.39 is 0 Å². The number of benzene rings is 3. The van der Waals surface area contributed by atoms with Gasteiger partial charge in [-0.2, -0.15) is 5.26 Å². The molecular formula is C58H76N2. The molecule has 0 bridgehead atoms. The lowest BCUT2D eigenvalue weighted by molar-refractivity contribution is 0.370. The third kappa shape index (κ3) is 11.7. The maximum Gasteiger partial charge on any atom is 0.0999 e. The van der Waals surface area contributed by atoms with Crippen LogP contribution < -0.4 is 0 Å². The molecular weight excluding hydrogens is 725 g/mol. The fourth-order valence-corrected chi connectivity index (χ4v) is 9.69. The van der Waals surface area contributed by atoms with Crippen LogP contribution in [0.15, 0.2) is 71.8 Å². The number of rotatable bonds is 14. The largest absolute Gasteiger partial charge is 0.248 e. The molecule has 0 spiro atoms. The molecule has 6 rings (SSSR count). The Morgan fingerprint density at radius 3 is 1.55 bits per heavy atom. The molecule has 0 fully saturated rings. The van der Waals surface area contributed by atoms with E-state index in [1.54, 1.807) is 0 Å². The molecule has 60 heavy (non-hydrogen) atoms. The zero-order valence-corrected chi connectivity index (χ0v) is 39.7. The molecule has 318 valence electrons. The van der Waals surface area contributed by atoms with E-state index in [2.05, 4.69) is 142 Å². The number of pyridine rings is 1. The predicted octanol–water partition coefficient (Wildman–Crippen LogP) is 16.9. The monoisotopic (exact) mass is 801 g/mol. The van der Waals surface area contributed by atoms with E-state index in [-0.39, 0.29) is 10.8 Å². The number of allylic oxidation sites excluding steroid dienone is 6. The third-order valence-corrected chi connectivity index (χ3v) is 12.8. The zero-order valence-electron chi connectivity index (χ0n) is 39.7. The van der Waals surface area contributed by atoms with Gasteiger partial charge in [0.05, 0.1) is 22.8 Å². The van der Waals surface area contributed by atoms with Crippen molar-refractivity contribution in [2.75, 3.05) is 0 Å². The minimum atomic E-state index is 0.129. The van der Waals surface area contributed by atoms with Gasteiger partial charge in [-0.05, 0) is 192 Å². The van der Waals surface area contributed by atoms with E-state index in [9.17, 15) is 5.26 Å². The summed E-state index contributed by atoms with van der Waals surface area (Å²) in [5, 5.41) is 11.4. The molecule has 0 N–H and O–H groups in total. The fraction of sp³-hybridized carbons (Fsp3) is 0.483. The number of nitrogens with zero attached hydrogens (tertiary/aromatic N) is 2. The second-order valence-corrected chi connectivity index (χ2v) is 19.3. The summed E-state index contributed by atoms with van der Waals surface area (Å²) >= 11 is 0.